The van der Waals surface area contributed by atoms with E-state index in [0.29, 0.717) is 31.2 Å². The van der Waals surface area contributed by atoms with Gasteiger partial charge in [0.2, 0.25) is 0 Å². The van der Waals surface area contributed by atoms with Crippen LogP contribution in [0.2, 0.25) is 5.02 Å². The first-order valence-corrected chi connectivity index (χ1v) is 9.12. The van der Waals surface area contributed by atoms with Gasteiger partial charge in [0, 0.05) is 37.3 Å². The smallest absolute Gasteiger partial charge is 0.331 e. The Morgan fingerprint density at radius 1 is 1.04 bits per heavy atom. The molecule has 2 aromatic rings. The molecule has 0 spiro atoms. The van der Waals surface area contributed by atoms with Gasteiger partial charge in [0.15, 0.2) is 12.4 Å². The van der Waals surface area contributed by atoms with Crippen molar-refractivity contribution in [3.8, 4) is 0 Å². The Bertz CT molecular complexity index is 853. The van der Waals surface area contributed by atoms with E-state index in [1.807, 2.05) is 0 Å². The van der Waals surface area contributed by atoms with Gasteiger partial charge in [-0.05, 0) is 35.9 Å². The maximum Gasteiger partial charge on any atom is 0.331 e. The maximum atomic E-state index is 12.2. The second-order valence-electron chi connectivity index (χ2n) is 6.14. The molecule has 7 nitrogen and oxygen atoms in total. The Morgan fingerprint density at radius 2 is 1.71 bits per heavy atom. The molecule has 2 heterocycles. The Morgan fingerprint density at radius 3 is 2.36 bits per heavy atom. The van der Waals surface area contributed by atoms with E-state index in [2.05, 4.69) is 0 Å². The van der Waals surface area contributed by atoms with E-state index in [4.69, 9.17) is 20.8 Å². The highest BCUT2D eigenvalue weighted by Gasteiger charge is 2.26. The van der Waals surface area contributed by atoms with Gasteiger partial charge in [-0.2, -0.15) is 0 Å². The van der Waals surface area contributed by atoms with Gasteiger partial charge in [0.25, 0.3) is 11.8 Å². The number of benzene rings is 1. The van der Waals surface area contributed by atoms with E-state index in [-0.39, 0.29) is 24.2 Å². The summed E-state index contributed by atoms with van der Waals surface area (Å²) in [6.45, 7) is 1.22. The summed E-state index contributed by atoms with van der Waals surface area (Å²) in [6.07, 6.45) is 4.29. The minimum Gasteiger partial charge on any atom is -0.459 e. The third kappa shape index (κ3) is 5.23. The van der Waals surface area contributed by atoms with E-state index < -0.39 is 5.97 Å². The summed E-state index contributed by atoms with van der Waals surface area (Å²) < 4.78 is 10.1. The fourth-order valence-electron chi connectivity index (χ4n) is 2.73. The lowest BCUT2D eigenvalue weighted by molar-refractivity contribution is -0.148. The van der Waals surface area contributed by atoms with Gasteiger partial charge < -0.3 is 19.0 Å². The van der Waals surface area contributed by atoms with Gasteiger partial charge >= 0.3 is 5.97 Å². The van der Waals surface area contributed by atoms with Gasteiger partial charge in [0.1, 0.15) is 0 Å². The molecule has 0 aliphatic carbocycles. The van der Waals surface area contributed by atoms with E-state index >= 15 is 0 Å². The maximum absolute atomic E-state index is 12.2. The molecule has 8 heteroatoms. The highest BCUT2D eigenvalue weighted by atomic mass is 35.5. The normalized spacial score (nSPS) is 14.3. The average Bonchev–Trinajstić information content (AvgIpc) is 3.26. The molecular formula is C20H19ClN2O5. The summed E-state index contributed by atoms with van der Waals surface area (Å²) in [7, 11) is 0. The van der Waals surface area contributed by atoms with E-state index in [0.717, 1.165) is 5.56 Å². The van der Waals surface area contributed by atoms with Crippen LogP contribution in [0.1, 0.15) is 16.1 Å². The van der Waals surface area contributed by atoms with Crippen LogP contribution in [0.25, 0.3) is 6.08 Å². The molecular weight excluding hydrogens is 384 g/mol. The molecule has 146 valence electrons. The summed E-state index contributed by atoms with van der Waals surface area (Å²) in [5, 5.41) is 0.608. The van der Waals surface area contributed by atoms with Crippen LogP contribution in [-0.2, 0) is 14.3 Å². The minimum atomic E-state index is -0.602. The largest absolute Gasteiger partial charge is 0.459 e. The lowest BCUT2D eigenvalue weighted by Gasteiger charge is -2.34. The van der Waals surface area contributed by atoms with Gasteiger partial charge in [-0.25, -0.2) is 4.79 Å². The lowest BCUT2D eigenvalue weighted by atomic mass is 10.2. The number of hydrogen-bond acceptors (Lipinski definition) is 5. The molecule has 0 atom stereocenters. The first-order chi connectivity index (χ1) is 13.5. The zero-order valence-electron chi connectivity index (χ0n) is 15.0. The van der Waals surface area contributed by atoms with Gasteiger partial charge in [-0.15, -0.1) is 0 Å². The summed E-state index contributed by atoms with van der Waals surface area (Å²) in [5.74, 6) is -0.815. The fourth-order valence-corrected chi connectivity index (χ4v) is 2.85. The number of nitrogens with zero attached hydrogens (tertiary/aromatic N) is 2. The number of halogens is 1. The van der Waals surface area contributed by atoms with Gasteiger partial charge in [-0.3, -0.25) is 9.59 Å². The topological polar surface area (TPSA) is 80.1 Å². The van der Waals surface area contributed by atoms with Crippen LogP contribution in [0.5, 0.6) is 0 Å². The molecule has 0 radical (unpaired) electrons. The quantitative estimate of drug-likeness (QED) is 0.567. The predicted molar refractivity (Wildman–Crippen MR) is 103 cm³/mol. The first kappa shape index (κ1) is 19.7. The number of furan rings is 1. The molecule has 0 bridgehead atoms. The second-order valence-corrected chi connectivity index (χ2v) is 6.58. The summed E-state index contributed by atoms with van der Waals surface area (Å²) in [6, 6.07) is 10.2. The Hall–Kier alpha value is -3.06. The standard InChI is InChI=1S/C20H19ClN2O5/c21-16-6-3-15(4-7-16)5-8-19(25)28-14-18(24)22-9-11-23(12-10-22)20(26)17-2-1-13-27-17/h1-8,13H,9-12,14H2/b8-5+. The van der Waals surface area contributed by atoms with E-state index in [1.54, 1.807) is 52.3 Å². The molecule has 1 saturated heterocycles. The zero-order chi connectivity index (χ0) is 19.9. The number of ether oxygens (including phenoxy) is 1. The second kappa shape index (κ2) is 9.23. The van der Waals surface area contributed by atoms with Crippen LogP contribution >= 0.6 is 11.6 Å². The van der Waals surface area contributed by atoms with Crippen molar-refractivity contribution in [2.75, 3.05) is 32.8 Å². The summed E-state index contributed by atoms with van der Waals surface area (Å²) in [5.41, 5.74) is 0.796. The van der Waals surface area contributed by atoms with Crippen molar-refractivity contribution in [2.24, 2.45) is 0 Å². The molecule has 1 fully saturated rings. The molecule has 28 heavy (non-hydrogen) atoms. The van der Waals surface area contributed by atoms with E-state index in [1.165, 1.54) is 12.3 Å². The molecule has 1 aromatic heterocycles. The summed E-state index contributed by atoms with van der Waals surface area (Å²) >= 11 is 5.80. The van der Waals surface area contributed by atoms with Crippen molar-refractivity contribution in [1.82, 2.24) is 9.80 Å². The number of amides is 2. The number of carbonyl (C=O) groups is 3. The monoisotopic (exact) mass is 402 g/mol. The van der Waals surface area contributed by atoms with Crippen molar-refractivity contribution in [3.63, 3.8) is 0 Å². The van der Waals surface area contributed by atoms with Crippen molar-refractivity contribution in [1.29, 1.82) is 0 Å². The van der Waals surface area contributed by atoms with Crippen LogP contribution in [0.15, 0.2) is 53.2 Å². The molecule has 0 unspecified atom stereocenters. The van der Waals surface area contributed by atoms with Crippen LogP contribution in [0.4, 0.5) is 0 Å². The molecule has 2 amide bonds. The third-order valence-corrected chi connectivity index (χ3v) is 4.52. The van der Waals surface area contributed by atoms with Crippen LogP contribution in [-0.4, -0.2) is 60.4 Å². The number of piperazine rings is 1. The van der Waals surface area contributed by atoms with Crippen molar-refractivity contribution in [3.05, 3.63) is 65.1 Å². The first-order valence-electron chi connectivity index (χ1n) is 8.74. The predicted octanol–water partition coefficient (Wildman–Crippen LogP) is 2.47. The number of esters is 1. The molecule has 1 aliphatic heterocycles. The number of rotatable bonds is 5. The van der Waals surface area contributed by atoms with E-state index in [9.17, 15) is 14.4 Å². The number of hydrogen-bond donors (Lipinski definition) is 0. The van der Waals surface area contributed by atoms with Crippen molar-refractivity contribution in [2.45, 2.75) is 0 Å². The minimum absolute atomic E-state index is 0.198. The Kier molecular flexibility index (Phi) is 6.49. The molecule has 0 saturated carbocycles. The SMILES string of the molecule is O=C(/C=C/c1ccc(Cl)cc1)OCC(=O)N1CCN(C(=O)c2ccco2)CC1. The van der Waals surface area contributed by atoms with Gasteiger partial charge in [-0.1, -0.05) is 23.7 Å². The number of carbonyl (C=O) groups excluding carboxylic acids is 3. The average molecular weight is 403 g/mol. The van der Waals surface area contributed by atoms with Crippen molar-refractivity contribution < 1.29 is 23.5 Å². The molecule has 3 rings (SSSR count). The molecule has 1 aromatic carbocycles. The highest BCUT2D eigenvalue weighted by molar-refractivity contribution is 6.30. The van der Waals surface area contributed by atoms with Crippen LogP contribution in [0, 0.1) is 0 Å². The lowest BCUT2D eigenvalue weighted by Crippen LogP contribution is -2.51. The molecule has 1 aliphatic rings. The zero-order valence-corrected chi connectivity index (χ0v) is 15.8. The van der Waals surface area contributed by atoms with Gasteiger partial charge in [0.05, 0.1) is 6.26 Å². The van der Waals surface area contributed by atoms with Crippen LogP contribution in [0.3, 0.4) is 0 Å². The molecule has 0 N–H and O–H groups in total. The Labute approximate surface area is 167 Å². The highest BCUT2D eigenvalue weighted by Crippen LogP contribution is 2.11. The Balaban J connectivity index is 1.41. The third-order valence-electron chi connectivity index (χ3n) is 4.27. The van der Waals surface area contributed by atoms with Crippen LogP contribution < -0.4 is 0 Å². The summed E-state index contributed by atoms with van der Waals surface area (Å²) in [4.78, 5) is 39.4. The van der Waals surface area contributed by atoms with Crippen molar-refractivity contribution >= 4 is 35.5 Å². The fraction of sp³-hybridized carbons (Fsp3) is 0.250.